The van der Waals surface area contributed by atoms with E-state index in [0.717, 1.165) is 0 Å². The molecule has 8 heteroatoms. The van der Waals surface area contributed by atoms with E-state index in [0.29, 0.717) is 0 Å². The zero-order chi connectivity index (χ0) is 11.6. The number of amides is 1. The summed E-state index contributed by atoms with van der Waals surface area (Å²) in [5, 5.41) is 2.56. The smallest absolute Gasteiger partial charge is 0.768 e. The molecule has 16 heavy (non-hydrogen) atoms. The summed E-state index contributed by atoms with van der Waals surface area (Å²) in [4.78, 5) is 10.8. The Morgan fingerprint density at radius 1 is 1.38 bits per heavy atom. The summed E-state index contributed by atoms with van der Waals surface area (Å²) < 4.78 is 21.3. The molecule has 1 amide bonds. The van der Waals surface area contributed by atoms with Crippen LogP contribution in [0.5, 0.6) is 0 Å². The van der Waals surface area contributed by atoms with Crippen LogP contribution in [-0.4, -0.2) is 14.7 Å². The first-order chi connectivity index (χ1) is 6.91. The van der Waals surface area contributed by atoms with Crippen molar-refractivity contribution in [3.8, 4) is 0 Å². The van der Waals surface area contributed by atoms with Gasteiger partial charge < -0.3 is 9.87 Å². The van der Waals surface area contributed by atoms with Crippen molar-refractivity contribution in [1.29, 1.82) is 0 Å². The third-order valence-corrected chi connectivity index (χ3v) is 2.73. The van der Waals surface area contributed by atoms with Crippen molar-refractivity contribution < 1.29 is 43.1 Å². The second-order valence-corrected chi connectivity index (χ2v) is 4.43. The molecular formula is C8H6Cl2NNaO3S. The Balaban J connectivity index is 0.00000225. The molecule has 1 unspecified atom stereocenters. The molecule has 0 aliphatic heterocycles. The minimum absolute atomic E-state index is 0. The minimum Gasteiger partial charge on any atom is -0.768 e. The van der Waals surface area contributed by atoms with Crippen molar-refractivity contribution in [3.63, 3.8) is 0 Å². The van der Waals surface area contributed by atoms with E-state index in [1.54, 1.807) is 0 Å². The number of rotatable bonds is 2. The quantitative estimate of drug-likeness (QED) is 0.572. The molecular weight excluding hydrogens is 284 g/mol. The number of anilines is 1. The van der Waals surface area contributed by atoms with Crippen molar-refractivity contribution in [1.82, 2.24) is 0 Å². The molecule has 1 rings (SSSR count). The second-order valence-electron chi connectivity index (χ2n) is 2.68. The molecule has 1 N–H and O–H groups in total. The number of nitrogens with one attached hydrogen (secondary N) is 1. The van der Waals surface area contributed by atoms with Crippen molar-refractivity contribution in [2.45, 2.75) is 11.8 Å². The fourth-order valence-electron chi connectivity index (χ4n) is 0.942. The Morgan fingerprint density at radius 2 is 1.81 bits per heavy atom. The van der Waals surface area contributed by atoms with Crippen LogP contribution in [0.3, 0.4) is 0 Å². The van der Waals surface area contributed by atoms with Gasteiger partial charge >= 0.3 is 29.6 Å². The van der Waals surface area contributed by atoms with Gasteiger partial charge in [-0.05, 0) is 23.2 Å². The molecule has 0 saturated heterocycles. The number of carbonyl (C=O) groups is 1. The van der Waals surface area contributed by atoms with Gasteiger partial charge in [-0.25, -0.2) is 0 Å². The maximum atomic E-state index is 10.8. The van der Waals surface area contributed by atoms with Gasteiger partial charge in [-0.1, -0.05) is 23.2 Å². The van der Waals surface area contributed by atoms with Crippen molar-refractivity contribution in [3.05, 3.63) is 22.2 Å². The number of halogens is 2. The summed E-state index contributed by atoms with van der Waals surface area (Å²) in [5.74, 6) is -0.338. The van der Waals surface area contributed by atoms with Gasteiger partial charge in [0.25, 0.3) is 0 Å². The van der Waals surface area contributed by atoms with Crippen LogP contribution in [0, 0.1) is 0 Å². The molecule has 1 aromatic rings. The summed E-state index contributed by atoms with van der Waals surface area (Å²) in [6.45, 7) is 1.30. The molecule has 0 heterocycles. The SMILES string of the molecule is CC(=O)Nc1c(Cl)cc(S(=O)[O-])cc1Cl.[Na+]. The molecule has 82 valence electrons. The van der Waals surface area contributed by atoms with E-state index >= 15 is 0 Å². The predicted octanol–water partition coefficient (Wildman–Crippen LogP) is -0.806. The predicted molar refractivity (Wildman–Crippen MR) is 58.0 cm³/mol. The second kappa shape index (κ2) is 6.96. The van der Waals surface area contributed by atoms with E-state index in [2.05, 4.69) is 5.32 Å². The first-order valence-corrected chi connectivity index (χ1v) is 5.61. The number of hydrogen-bond donors (Lipinski definition) is 1. The van der Waals surface area contributed by atoms with E-state index in [4.69, 9.17) is 23.2 Å². The van der Waals surface area contributed by atoms with Gasteiger partial charge in [-0.3, -0.25) is 9.00 Å². The molecule has 1 aromatic carbocycles. The normalized spacial score (nSPS) is 11.5. The summed E-state index contributed by atoms with van der Waals surface area (Å²) >= 11 is 9.10. The van der Waals surface area contributed by atoms with Crippen LogP contribution >= 0.6 is 23.2 Å². The maximum absolute atomic E-state index is 10.8. The molecule has 0 spiro atoms. The summed E-state index contributed by atoms with van der Waals surface area (Å²) in [5.41, 5.74) is 0.208. The molecule has 0 bridgehead atoms. The van der Waals surface area contributed by atoms with Crippen LogP contribution in [0.15, 0.2) is 17.0 Å². The Bertz CT molecular complexity index is 418. The van der Waals surface area contributed by atoms with Gasteiger partial charge in [-0.2, -0.15) is 0 Å². The number of carbonyl (C=O) groups excluding carboxylic acids is 1. The molecule has 0 fully saturated rings. The number of benzene rings is 1. The maximum Gasteiger partial charge on any atom is 1.00 e. The van der Waals surface area contributed by atoms with Crippen LogP contribution in [0.25, 0.3) is 0 Å². The Hall–Kier alpha value is 0.380. The average Bonchev–Trinajstić information content (AvgIpc) is 2.10. The molecule has 0 aromatic heterocycles. The van der Waals surface area contributed by atoms with E-state index < -0.39 is 11.1 Å². The molecule has 0 aliphatic rings. The average molecular weight is 290 g/mol. The standard InChI is InChI=1S/C8H7Cl2NO3S.Na/c1-4(12)11-8-6(9)2-5(15(13)14)3-7(8)10;/h2-3H,1H3,(H,11,12)(H,13,14);/q;+1/p-1. The van der Waals surface area contributed by atoms with Crippen LogP contribution in [0.2, 0.25) is 10.0 Å². The van der Waals surface area contributed by atoms with E-state index in [1.807, 2.05) is 0 Å². The van der Waals surface area contributed by atoms with Crippen LogP contribution in [0.4, 0.5) is 5.69 Å². The van der Waals surface area contributed by atoms with Crippen LogP contribution in [0.1, 0.15) is 6.92 Å². The molecule has 1 atom stereocenters. The summed E-state index contributed by atoms with van der Waals surface area (Å²) in [6, 6.07) is 2.42. The largest absolute Gasteiger partial charge is 1.00 e. The zero-order valence-corrected chi connectivity index (χ0v) is 12.9. The Morgan fingerprint density at radius 3 is 2.12 bits per heavy atom. The Labute approximate surface area is 127 Å². The van der Waals surface area contributed by atoms with E-state index in [9.17, 15) is 13.6 Å². The first kappa shape index (κ1) is 16.4. The third kappa shape index (κ3) is 4.33. The van der Waals surface area contributed by atoms with Gasteiger partial charge in [0.05, 0.1) is 15.7 Å². The topological polar surface area (TPSA) is 69.2 Å². The monoisotopic (exact) mass is 289 g/mol. The zero-order valence-electron chi connectivity index (χ0n) is 8.54. The molecule has 0 aliphatic carbocycles. The van der Waals surface area contributed by atoms with E-state index in [1.165, 1.54) is 19.1 Å². The van der Waals surface area contributed by atoms with Crippen molar-refractivity contribution in [2.24, 2.45) is 0 Å². The molecule has 0 saturated carbocycles. The van der Waals surface area contributed by atoms with Gasteiger partial charge in [0.1, 0.15) is 0 Å². The minimum atomic E-state index is -2.40. The number of hydrogen-bond acceptors (Lipinski definition) is 3. The van der Waals surface area contributed by atoms with Crippen molar-refractivity contribution >= 4 is 45.9 Å². The third-order valence-electron chi connectivity index (χ3n) is 1.51. The molecule has 4 nitrogen and oxygen atoms in total. The Kier molecular flexibility index (Phi) is 7.12. The first-order valence-electron chi connectivity index (χ1n) is 3.77. The van der Waals surface area contributed by atoms with Crippen LogP contribution < -0.4 is 34.9 Å². The fraction of sp³-hybridized carbons (Fsp3) is 0.125. The summed E-state index contributed by atoms with van der Waals surface area (Å²) in [6.07, 6.45) is 0. The molecule has 0 radical (unpaired) electrons. The van der Waals surface area contributed by atoms with Crippen LogP contribution in [-0.2, 0) is 15.9 Å². The van der Waals surface area contributed by atoms with Gasteiger partial charge in [-0.15, -0.1) is 0 Å². The van der Waals surface area contributed by atoms with Gasteiger partial charge in [0.2, 0.25) is 5.91 Å². The summed E-state index contributed by atoms with van der Waals surface area (Å²) in [7, 11) is 0. The fourth-order valence-corrected chi connectivity index (χ4v) is 2.08. The van der Waals surface area contributed by atoms with Gasteiger partial charge in [0, 0.05) is 11.8 Å². The van der Waals surface area contributed by atoms with E-state index in [-0.39, 0.29) is 56.1 Å². The van der Waals surface area contributed by atoms with Crippen molar-refractivity contribution in [2.75, 3.05) is 5.32 Å². The van der Waals surface area contributed by atoms with Gasteiger partial charge in [0.15, 0.2) is 0 Å².